The van der Waals surface area contributed by atoms with Crippen LogP contribution in [0, 0.1) is 11.8 Å². The number of hydrogen-bond acceptors (Lipinski definition) is 3. The maximum atomic E-state index is 12.2. The molecule has 0 spiro atoms. The Morgan fingerprint density at radius 1 is 1.08 bits per heavy atom. The molecule has 0 radical (unpaired) electrons. The van der Waals surface area contributed by atoms with Crippen LogP contribution in [0.2, 0.25) is 0 Å². The van der Waals surface area contributed by atoms with Gasteiger partial charge >= 0.3 is 0 Å². The van der Waals surface area contributed by atoms with E-state index in [4.69, 9.17) is 4.74 Å². The highest BCUT2D eigenvalue weighted by molar-refractivity contribution is 5.85. The molecule has 1 amide bonds. The Balaban J connectivity index is 0.00000196. The van der Waals surface area contributed by atoms with E-state index in [1.165, 1.54) is 5.56 Å². The zero-order valence-electron chi connectivity index (χ0n) is 14.7. The van der Waals surface area contributed by atoms with Gasteiger partial charge in [-0.2, -0.15) is 0 Å². The zero-order chi connectivity index (χ0) is 17.1. The Hall–Kier alpha value is -2.04. The molecule has 2 aliphatic rings. The topological polar surface area (TPSA) is 50.4 Å². The molecule has 1 aliphatic heterocycles. The van der Waals surface area contributed by atoms with Crippen molar-refractivity contribution in [2.24, 2.45) is 11.8 Å². The van der Waals surface area contributed by atoms with Crippen LogP contribution in [-0.4, -0.2) is 25.5 Å². The van der Waals surface area contributed by atoms with Crippen LogP contribution in [-0.2, 0) is 11.4 Å². The molecule has 0 aromatic heterocycles. The summed E-state index contributed by atoms with van der Waals surface area (Å²) in [6.45, 7) is 3.43. The summed E-state index contributed by atoms with van der Waals surface area (Å²) < 4.78 is 5.82. The minimum Gasteiger partial charge on any atom is -0.489 e. The predicted octanol–water partition coefficient (Wildman–Crippen LogP) is 3.13. The van der Waals surface area contributed by atoms with Gasteiger partial charge < -0.3 is 15.4 Å². The quantitative estimate of drug-likeness (QED) is 0.785. The first-order valence-corrected chi connectivity index (χ1v) is 9.05. The molecule has 1 saturated heterocycles. The summed E-state index contributed by atoms with van der Waals surface area (Å²) in [7, 11) is 0. The highest BCUT2D eigenvalue weighted by Crippen LogP contribution is 2.47. The van der Waals surface area contributed by atoms with Gasteiger partial charge in [0.15, 0.2) is 0 Å². The fourth-order valence-corrected chi connectivity index (χ4v) is 3.27. The first-order valence-electron chi connectivity index (χ1n) is 9.05. The van der Waals surface area contributed by atoms with Gasteiger partial charge in [0.2, 0.25) is 5.91 Å². The van der Waals surface area contributed by atoms with E-state index in [0.717, 1.165) is 37.4 Å². The van der Waals surface area contributed by atoms with Crippen molar-refractivity contribution in [1.29, 1.82) is 0 Å². The van der Waals surface area contributed by atoms with Gasteiger partial charge in [0.05, 0.1) is 0 Å². The molecule has 2 fully saturated rings. The zero-order valence-corrected chi connectivity index (χ0v) is 15.5. The van der Waals surface area contributed by atoms with Gasteiger partial charge in [-0.05, 0) is 35.6 Å². The van der Waals surface area contributed by atoms with Crippen molar-refractivity contribution in [3.05, 3.63) is 65.7 Å². The Labute approximate surface area is 160 Å². The third-order valence-electron chi connectivity index (χ3n) is 5.11. The van der Waals surface area contributed by atoms with Crippen LogP contribution in [0.5, 0.6) is 5.75 Å². The van der Waals surface area contributed by atoms with Crippen molar-refractivity contribution >= 4 is 18.3 Å². The lowest BCUT2D eigenvalue weighted by Gasteiger charge is -2.27. The molecule has 1 saturated carbocycles. The van der Waals surface area contributed by atoms with Crippen molar-refractivity contribution < 1.29 is 9.53 Å². The standard InChI is InChI=1S/C21H24N2O2.ClH/c24-21(23-13-16-11-22-12-16)20-10-19(20)17-6-8-18(9-7-17)25-14-15-4-2-1-3-5-15;/h1-9,16,19-20,22H,10-14H2,(H,23,24);1H. The molecular formula is C21H25ClN2O2. The first kappa shape index (κ1) is 18.7. The van der Waals surface area contributed by atoms with Crippen molar-refractivity contribution in [1.82, 2.24) is 10.6 Å². The fourth-order valence-electron chi connectivity index (χ4n) is 3.27. The van der Waals surface area contributed by atoms with Crippen molar-refractivity contribution in [2.45, 2.75) is 18.9 Å². The molecule has 2 aromatic rings. The minimum absolute atomic E-state index is 0. The van der Waals surface area contributed by atoms with Crippen LogP contribution in [0.4, 0.5) is 0 Å². The van der Waals surface area contributed by atoms with E-state index in [2.05, 4.69) is 34.9 Å². The molecule has 138 valence electrons. The van der Waals surface area contributed by atoms with Crippen molar-refractivity contribution in [2.75, 3.05) is 19.6 Å². The van der Waals surface area contributed by atoms with Gasteiger partial charge in [0.25, 0.3) is 0 Å². The number of benzene rings is 2. The maximum Gasteiger partial charge on any atom is 0.223 e. The molecule has 2 aromatic carbocycles. The molecule has 1 heterocycles. The molecule has 26 heavy (non-hydrogen) atoms. The Kier molecular flexibility index (Phi) is 6.17. The second-order valence-electron chi connectivity index (χ2n) is 7.06. The maximum absolute atomic E-state index is 12.2. The van der Waals surface area contributed by atoms with Gasteiger partial charge in [0.1, 0.15) is 12.4 Å². The molecule has 0 bridgehead atoms. The Morgan fingerprint density at radius 3 is 2.46 bits per heavy atom. The monoisotopic (exact) mass is 372 g/mol. The van der Waals surface area contributed by atoms with Crippen LogP contribution in [0.3, 0.4) is 0 Å². The molecule has 5 heteroatoms. The number of carbonyl (C=O) groups excluding carboxylic acids is 1. The molecular weight excluding hydrogens is 348 g/mol. The number of amides is 1. The Morgan fingerprint density at radius 2 is 1.81 bits per heavy atom. The van der Waals surface area contributed by atoms with Crippen molar-refractivity contribution in [3.8, 4) is 5.75 Å². The van der Waals surface area contributed by atoms with E-state index in [9.17, 15) is 4.79 Å². The fraction of sp³-hybridized carbons (Fsp3) is 0.381. The van der Waals surface area contributed by atoms with Crippen LogP contribution in [0.25, 0.3) is 0 Å². The molecule has 1 aliphatic carbocycles. The van der Waals surface area contributed by atoms with E-state index in [1.54, 1.807) is 0 Å². The van der Waals surface area contributed by atoms with E-state index in [0.29, 0.717) is 18.4 Å². The first-order chi connectivity index (χ1) is 12.3. The van der Waals surface area contributed by atoms with Crippen LogP contribution in [0.15, 0.2) is 54.6 Å². The van der Waals surface area contributed by atoms with Gasteiger partial charge in [-0.3, -0.25) is 4.79 Å². The largest absolute Gasteiger partial charge is 0.489 e. The normalized spacial score (nSPS) is 21.2. The van der Waals surface area contributed by atoms with Crippen LogP contribution < -0.4 is 15.4 Å². The lowest BCUT2D eigenvalue weighted by molar-refractivity contribution is -0.122. The summed E-state index contributed by atoms with van der Waals surface area (Å²) in [6.07, 6.45) is 0.957. The van der Waals surface area contributed by atoms with E-state index >= 15 is 0 Å². The molecule has 4 rings (SSSR count). The lowest BCUT2D eigenvalue weighted by atomic mass is 10.0. The Bertz CT molecular complexity index is 717. The number of halogens is 1. The van der Waals surface area contributed by atoms with Gasteiger partial charge in [-0.15, -0.1) is 12.4 Å². The third-order valence-corrected chi connectivity index (χ3v) is 5.11. The van der Waals surface area contributed by atoms with Crippen molar-refractivity contribution in [3.63, 3.8) is 0 Å². The smallest absolute Gasteiger partial charge is 0.223 e. The second-order valence-corrected chi connectivity index (χ2v) is 7.06. The highest BCUT2D eigenvalue weighted by Gasteiger charge is 2.43. The van der Waals surface area contributed by atoms with E-state index in [-0.39, 0.29) is 24.2 Å². The van der Waals surface area contributed by atoms with Crippen LogP contribution >= 0.6 is 12.4 Å². The number of carbonyl (C=O) groups is 1. The summed E-state index contributed by atoms with van der Waals surface area (Å²) in [4.78, 5) is 12.2. The molecule has 2 N–H and O–H groups in total. The van der Waals surface area contributed by atoms with Gasteiger partial charge in [0, 0.05) is 31.5 Å². The SMILES string of the molecule is Cl.O=C(NCC1CNC1)C1CC1c1ccc(OCc2ccccc2)cc1. The molecule has 2 unspecified atom stereocenters. The number of ether oxygens (including phenoxy) is 1. The average Bonchev–Trinajstić information content (AvgIpc) is 3.41. The summed E-state index contributed by atoms with van der Waals surface area (Å²) in [6, 6.07) is 18.3. The number of rotatable bonds is 7. The van der Waals surface area contributed by atoms with E-state index < -0.39 is 0 Å². The number of nitrogens with one attached hydrogen (secondary N) is 2. The molecule has 2 atom stereocenters. The highest BCUT2D eigenvalue weighted by atomic mass is 35.5. The summed E-state index contributed by atoms with van der Waals surface area (Å²) in [5, 5.41) is 6.32. The predicted molar refractivity (Wildman–Crippen MR) is 105 cm³/mol. The lowest BCUT2D eigenvalue weighted by Crippen LogP contribution is -2.48. The summed E-state index contributed by atoms with van der Waals surface area (Å²) >= 11 is 0. The summed E-state index contributed by atoms with van der Waals surface area (Å²) in [5.74, 6) is 2.20. The minimum atomic E-state index is 0. The van der Waals surface area contributed by atoms with Crippen LogP contribution in [0.1, 0.15) is 23.5 Å². The summed E-state index contributed by atoms with van der Waals surface area (Å²) in [5.41, 5.74) is 2.39. The molecule has 4 nitrogen and oxygen atoms in total. The average molecular weight is 373 g/mol. The van der Waals surface area contributed by atoms with Gasteiger partial charge in [-0.25, -0.2) is 0 Å². The van der Waals surface area contributed by atoms with E-state index in [1.807, 2.05) is 30.3 Å². The number of hydrogen-bond donors (Lipinski definition) is 2. The third kappa shape index (κ3) is 4.57. The van der Waals surface area contributed by atoms with Gasteiger partial charge in [-0.1, -0.05) is 42.5 Å². The second kappa shape index (κ2) is 8.56.